The molecule has 5 nitrogen and oxygen atoms in total. The van der Waals surface area contributed by atoms with Crippen LogP contribution in [0, 0.1) is 0 Å². The van der Waals surface area contributed by atoms with E-state index in [1.807, 2.05) is 0 Å². The van der Waals surface area contributed by atoms with Gasteiger partial charge in [0.1, 0.15) is 5.39 Å². The number of aryl methyl sites for hydroxylation is 2. The Morgan fingerprint density at radius 3 is 2.48 bits per heavy atom. The Hall–Kier alpha value is -1.17. The molecule has 0 aliphatic rings. The van der Waals surface area contributed by atoms with E-state index in [4.69, 9.17) is 0 Å². The first-order chi connectivity index (χ1) is 10.2. The summed E-state index contributed by atoms with van der Waals surface area (Å²) in [4.78, 5) is 16.6. The first-order valence-corrected chi connectivity index (χ1v) is 8.79. The fourth-order valence-corrected chi connectivity index (χ4v) is 2.88. The Balaban J connectivity index is 1.76. The minimum absolute atomic E-state index is 0.0189. The van der Waals surface area contributed by atoms with Crippen molar-refractivity contribution in [1.29, 1.82) is 0 Å². The van der Waals surface area contributed by atoms with E-state index in [0.717, 1.165) is 18.3 Å². The summed E-state index contributed by atoms with van der Waals surface area (Å²) in [7, 11) is 1.80. The molecule has 0 saturated heterocycles. The van der Waals surface area contributed by atoms with Crippen LogP contribution in [0.15, 0.2) is 17.3 Å². The number of alkyl halides is 1. The third-order valence-corrected chi connectivity index (χ3v) is 4.31. The molecule has 0 fully saturated rings. The Morgan fingerprint density at radius 2 is 1.76 bits per heavy atom. The Morgan fingerprint density at radius 1 is 1.10 bits per heavy atom. The molecule has 0 saturated carbocycles. The van der Waals surface area contributed by atoms with Gasteiger partial charge in [0.05, 0.1) is 12.5 Å². The van der Waals surface area contributed by atoms with Crippen molar-refractivity contribution in [3.8, 4) is 0 Å². The highest BCUT2D eigenvalue weighted by Gasteiger charge is 2.07. The standard InChI is InChI=1S/C15H23BrN4O/c1-19-14-13(11-18-19)15(21)20(12-17-14)10-8-6-4-2-3-5-7-9-16/h11-12H,2-10H2,1H3. The van der Waals surface area contributed by atoms with Gasteiger partial charge in [0.25, 0.3) is 5.56 Å². The van der Waals surface area contributed by atoms with Crippen molar-refractivity contribution < 1.29 is 0 Å². The molecule has 0 bridgehead atoms. The number of unbranched alkanes of at least 4 members (excludes halogenated alkanes) is 6. The molecule has 6 heteroatoms. The Labute approximate surface area is 133 Å². The topological polar surface area (TPSA) is 52.7 Å². The molecule has 2 aromatic rings. The molecule has 0 spiro atoms. The molecule has 2 heterocycles. The van der Waals surface area contributed by atoms with E-state index >= 15 is 0 Å². The van der Waals surface area contributed by atoms with Crippen molar-refractivity contribution in [2.24, 2.45) is 7.05 Å². The zero-order valence-corrected chi connectivity index (χ0v) is 14.2. The lowest BCUT2D eigenvalue weighted by atomic mass is 10.1. The lowest BCUT2D eigenvalue weighted by Gasteiger charge is -2.05. The second kappa shape index (κ2) is 8.32. The highest BCUT2D eigenvalue weighted by Crippen LogP contribution is 2.09. The molecule has 0 amide bonds. The first-order valence-electron chi connectivity index (χ1n) is 7.67. The van der Waals surface area contributed by atoms with Crippen LogP contribution in [0.4, 0.5) is 0 Å². The summed E-state index contributed by atoms with van der Waals surface area (Å²) in [5.74, 6) is 0. The van der Waals surface area contributed by atoms with Gasteiger partial charge in [0.2, 0.25) is 0 Å². The second-order valence-electron chi connectivity index (χ2n) is 5.41. The summed E-state index contributed by atoms with van der Waals surface area (Å²) in [6.07, 6.45) is 11.9. The fraction of sp³-hybridized carbons (Fsp3) is 0.667. The van der Waals surface area contributed by atoms with Crippen LogP contribution in [0.1, 0.15) is 44.9 Å². The maximum absolute atomic E-state index is 12.2. The largest absolute Gasteiger partial charge is 0.299 e. The molecular formula is C15H23BrN4O. The Bertz CT molecular complexity index is 620. The third-order valence-electron chi connectivity index (χ3n) is 3.75. The molecule has 0 radical (unpaired) electrons. The summed E-state index contributed by atoms with van der Waals surface area (Å²) in [5, 5.41) is 5.80. The van der Waals surface area contributed by atoms with Crippen LogP contribution < -0.4 is 5.56 Å². The van der Waals surface area contributed by atoms with Gasteiger partial charge in [0, 0.05) is 18.9 Å². The van der Waals surface area contributed by atoms with Crippen molar-refractivity contribution in [2.45, 2.75) is 51.5 Å². The Kier molecular flexibility index (Phi) is 6.42. The molecule has 116 valence electrons. The lowest BCUT2D eigenvalue weighted by Crippen LogP contribution is -2.20. The van der Waals surface area contributed by atoms with Gasteiger partial charge in [0.15, 0.2) is 5.65 Å². The predicted molar refractivity (Wildman–Crippen MR) is 88.9 cm³/mol. The normalized spacial score (nSPS) is 11.3. The molecule has 2 aromatic heterocycles. The van der Waals surface area contributed by atoms with Gasteiger partial charge in [-0.3, -0.25) is 14.0 Å². The van der Waals surface area contributed by atoms with Gasteiger partial charge < -0.3 is 0 Å². The van der Waals surface area contributed by atoms with E-state index in [1.165, 1.54) is 38.5 Å². The number of hydrogen-bond acceptors (Lipinski definition) is 3. The van der Waals surface area contributed by atoms with Crippen LogP contribution in [0.2, 0.25) is 0 Å². The van der Waals surface area contributed by atoms with E-state index in [2.05, 4.69) is 26.0 Å². The van der Waals surface area contributed by atoms with Gasteiger partial charge >= 0.3 is 0 Å². The van der Waals surface area contributed by atoms with Gasteiger partial charge in [-0.05, 0) is 12.8 Å². The van der Waals surface area contributed by atoms with Crippen LogP contribution in [-0.2, 0) is 13.6 Å². The lowest BCUT2D eigenvalue weighted by molar-refractivity contribution is 0.541. The fourth-order valence-electron chi connectivity index (χ4n) is 2.49. The molecule has 0 aliphatic carbocycles. The highest BCUT2D eigenvalue weighted by atomic mass is 79.9. The van der Waals surface area contributed by atoms with E-state index in [9.17, 15) is 4.79 Å². The average molecular weight is 355 g/mol. The van der Waals surface area contributed by atoms with Crippen molar-refractivity contribution in [1.82, 2.24) is 19.3 Å². The zero-order chi connectivity index (χ0) is 15.1. The summed E-state index contributed by atoms with van der Waals surface area (Å²) in [6.45, 7) is 0.748. The van der Waals surface area contributed by atoms with Crippen LogP contribution in [-0.4, -0.2) is 24.7 Å². The van der Waals surface area contributed by atoms with Crippen LogP contribution in [0.5, 0.6) is 0 Å². The van der Waals surface area contributed by atoms with Crippen molar-refractivity contribution in [3.63, 3.8) is 0 Å². The van der Waals surface area contributed by atoms with Crippen LogP contribution >= 0.6 is 15.9 Å². The molecule has 21 heavy (non-hydrogen) atoms. The van der Waals surface area contributed by atoms with Crippen LogP contribution in [0.3, 0.4) is 0 Å². The molecule has 0 aliphatic heterocycles. The van der Waals surface area contributed by atoms with Gasteiger partial charge in [-0.2, -0.15) is 5.10 Å². The molecule has 0 unspecified atom stereocenters. The predicted octanol–water partition coefficient (Wildman–Crippen LogP) is 3.26. The third kappa shape index (κ3) is 4.40. The molecular weight excluding hydrogens is 332 g/mol. The molecule has 0 atom stereocenters. The summed E-state index contributed by atoms with van der Waals surface area (Å²) >= 11 is 3.45. The maximum atomic E-state index is 12.2. The number of hydrogen-bond donors (Lipinski definition) is 0. The molecule has 2 rings (SSSR count). The SMILES string of the molecule is Cn1ncc2c(=O)n(CCCCCCCCCBr)cnc21. The molecule has 0 aromatic carbocycles. The number of aromatic nitrogens is 4. The smallest absolute Gasteiger partial charge is 0.264 e. The summed E-state index contributed by atoms with van der Waals surface area (Å²) < 4.78 is 3.34. The quantitative estimate of drug-likeness (QED) is 0.513. The minimum atomic E-state index is 0.0189. The second-order valence-corrected chi connectivity index (χ2v) is 6.21. The summed E-state index contributed by atoms with van der Waals surface area (Å²) in [6, 6.07) is 0. The van der Waals surface area contributed by atoms with Gasteiger partial charge in [-0.15, -0.1) is 0 Å². The van der Waals surface area contributed by atoms with Crippen molar-refractivity contribution >= 4 is 27.0 Å². The van der Waals surface area contributed by atoms with E-state index in [-0.39, 0.29) is 5.56 Å². The first kappa shape index (κ1) is 16.2. The number of nitrogens with zero attached hydrogens (tertiary/aromatic N) is 4. The van der Waals surface area contributed by atoms with E-state index in [1.54, 1.807) is 28.8 Å². The average Bonchev–Trinajstić information content (AvgIpc) is 2.86. The van der Waals surface area contributed by atoms with Crippen molar-refractivity contribution in [2.75, 3.05) is 5.33 Å². The highest BCUT2D eigenvalue weighted by molar-refractivity contribution is 9.09. The van der Waals surface area contributed by atoms with E-state index in [0.29, 0.717) is 11.0 Å². The van der Waals surface area contributed by atoms with Gasteiger partial charge in [-0.25, -0.2) is 4.98 Å². The monoisotopic (exact) mass is 354 g/mol. The van der Waals surface area contributed by atoms with Crippen LogP contribution in [0.25, 0.3) is 11.0 Å². The number of halogens is 1. The van der Waals surface area contributed by atoms with Crippen molar-refractivity contribution in [3.05, 3.63) is 22.9 Å². The maximum Gasteiger partial charge on any atom is 0.264 e. The number of fused-ring (bicyclic) bond motifs is 1. The van der Waals surface area contributed by atoms with Gasteiger partial charge in [-0.1, -0.05) is 48.0 Å². The zero-order valence-electron chi connectivity index (χ0n) is 12.6. The van der Waals surface area contributed by atoms with E-state index < -0.39 is 0 Å². The summed E-state index contributed by atoms with van der Waals surface area (Å²) in [5.41, 5.74) is 0.675. The number of rotatable bonds is 9. The molecule has 0 N–H and O–H groups in total. The minimum Gasteiger partial charge on any atom is -0.299 e.